The largest absolute Gasteiger partial charge is 0.398 e. The number of ether oxygens (including phenoxy) is 1. The van der Waals surface area contributed by atoms with Crippen molar-refractivity contribution in [3.63, 3.8) is 0 Å². The Morgan fingerprint density at radius 1 is 1.44 bits per heavy atom. The highest BCUT2D eigenvalue weighted by Gasteiger charge is 2.06. The first-order valence-corrected chi connectivity index (χ1v) is 5.80. The molecule has 0 saturated carbocycles. The van der Waals surface area contributed by atoms with E-state index in [4.69, 9.17) is 22.1 Å². The molecule has 0 heterocycles. The molecule has 3 nitrogen and oxygen atoms in total. The summed E-state index contributed by atoms with van der Waals surface area (Å²) in [6, 6.07) is 5.58. The number of anilines is 1. The van der Waals surface area contributed by atoms with Gasteiger partial charge in [0.1, 0.15) is 0 Å². The van der Waals surface area contributed by atoms with Gasteiger partial charge in [-0.15, -0.1) is 0 Å². The van der Waals surface area contributed by atoms with Gasteiger partial charge in [-0.25, -0.2) is 0 Å². The number of nitrogens with two attached hydrogens (primary N) is 1. The molecule has 16 heavy (non-hydrogen) atoms. The van der Waals surface area contributed by atoms with Crippen molar-refractivity contribution in [2.75, 3.05) is 32.5 Å². The van der Waals surface area contributed by atoms with E-state index in [0.29, 0.717) is 0 Å². The molecular formula is C12H19ClN2O. The zero-order chi connectivity index (χ0) is 12.0. The molecule has 0 atom stereocenters. The molecule has 1 rings (SSSR count). The lowest BCUT2D eigenvalue weighted by Gasteiger charge is -2.20. The van der Waals surface area contributed by atoms with E-state index in [2.05, 4.69) is 11.8 Å². The maximum absolute atomic E-state index is 5.95. The van der Waals surface area contributed by atoms with Crippen molar-refractivity contribution in [2.24, 2.45) is 0 Å². The van der Waals surface area contributed by atoms with E-state index in [0.717, 1.165) is 42.5 Å². The van der Waals surface area contributed by atoms with Crippen molar-refractivity contribution >= 4 is 17.3 Å². The Bertz CT molecular complexity index is 331. The molecule has 0 aliphatic heterocycles. The van der Waals surface area contributed by atoms with Crippen LogP contribution in [0.3, 0.4) is 0 Å². The van der Waals surface area contributed by atoms with Crippen LogP contribution in [-0.2, 0) is 11.3 Å². The maximum atomic E-state index is 5.95. The quantitative estimate of drug-likeness (QED) is 0.779. The Morgan fingerprint density at radius 3 is 2.81 bits per heavy atom. The number of rotatable bonds is 6. The van der Waals surface area contributed by atoms with Gasteiger partial charge in [-0.3, -0.25) is 4.90 Å². The first kappa shape index (κ1) is 13.3. The van der Waals surface area contributed by atoms with Crippen molar-refractivity contribution in [1.29, 1.82) is 0 Å². The molecule has 0 fully saturated rings. The third-order valence-corrected chi connectivity index (χ3v) is 2.79. The first-order chi connectivity index (χ1) is 7.67. The number of hydrogen-bond donors (Lipinski definition) is 1. The fourth-order valence-corrected chi connectivity index (χ4v) is 1.72. The summed E-state index contributed by atoms with van der Waals surface area (Å²) in [5, 5.41) is 0.729. The average Bonchev–Trinajstić information content (AvgIpc) is 2.28. The minimum absolute atomic E-state index is 0.729. The molecule has 0 radical (unpaired) electrons. The standard InChI is InChI=1S/C12H19ClN2O/c1-3-15(6-7-16-2)9-10-8-11(13)4-5-12(10)14/h4-5,8H,3,6-7,9,14H2,1-2H3. The SMILES string of the molecule is CCN(CCOC)Cc1cc(Cl)ccc1N. The minimum Gasteiger partial charge on any atom is -0.398 e. The fraction of sp³-hybridized carbons (Fsp3) is 0.500. The van der Waals surface area contributed by atoms with Gasteiger partial charge in [-0.05, 0) is 30.3 Å². The topological polar surface area (TPSA) is 38.5 Å². The number of likely N-dealkylation sites (N-methyl/N-ethyl adjacent to an activating group) is 1. The lowest BCUT2D eigenvalue weighted by molar-refractivity contribution is 0.147. The van der Waals surface area contributed by atoms with Crippen molar-refractivity contribution in [3.05, 3.63) is 28.8 Å². The highest BCUT2D eigenvalue weighted by molar-refractivity contribution is 6.30. The Morgan fingerprint density at radius 2 is 2.19 bits per heavy atom. The van der Waals surface area contributed by atoms with Gasteiger partial charge in [-0.2, -0.15) is 0 Å². The summed E-state index contributed by atoms with van der Waals surface area (Å²) < 4.78 is 5.07. The van der Waals surface area contributed by atoms with Gasteiger partial charge < -0.3 is 10.5 Å². The van der Waals surface area contributed by atoms with E-state index in [1.807, 2.05) is 18.2 Å². The average molecular weight is 243 g/mol. The third-order valence-electron chi connectivity index (χ3n) is 2.56. The van der Waals surface area contributed by atoms with Gasteiger partial charge in [0.2, 0.25) is 0 Å². The molecule has 0 amide bonds. The second kappa shape index (κ2) is 6.74. The van der Waals surface area contributed by atoms with Crippen LogP contribution in [0.5, 0.6) is 0 Å². The van der Waals surface area contributed by atoms with Crippen LogP contribution in [0.2, 0.25) is 5.02 Å². The maximum Gasteiger partial charge on any atom is 0.0589 e. The van der Waals surface area contributed by atoms with Crippen LogP contribution in [0.4, 0.5) is 5.69 Å². The van der Waals surface area contributed by atoms with Gasteiger partial charge in [0.05, 0.1) is 6.61 Å². The van der Waals surface area contributed by atoms with E-state index >= 15 is 0 Å². The first-order valence-electron chi connectivity index (χ1n) is 5.42. The number of nitrogen functional groups attached to an aromatic ring is 1. The van der Waals surface area contributed by atoms with Crippen molar-refractivity contribution in [3.8, 4) is 0 Å². The highest BCUT2D eigenvalue weighted by atomic mass is 35.5. The van der Waals surface area contributed by atoms with E-state index in [9.17, 15) is 0 Å². The Kier molecular flexibility index (Phi) is 5.60. The zero-order valence-electron chi connectivity index (χ0n) is 9.87. The van der Waals surface area contributed by atoms with Gasteiger partial charge in [0.15, 0.2) is 0 Å². The molecule has 0 spiro atoms. The molecule has 2 N–H and O–H groups in total. The predicted molar refractivity (Wildman–Crippen MR) is 68.7 cm³/mol. The third kappa shape index (κ3) is 4.00. The smallest absolute Gasteiger partial charge is 0.0589 e. The molecule has 1 aromatic carbocycles. The molecule has 4 heteroatoms. The summed E-state index contributed by atoms with van der Waals surface area (Å²) in [4.78, 5) is 2.27. The van der Waals surface area contributed by atoms with Crippen LogP contribution in [0.1, 0.15) is 12.5 Å². The van der Waals surface area contributed by atoms with E-state index in [-0.39, 0.29) is 0 Å². The molecular weight excluding hydrogens is 224 g/mol. The fourth-order valence-electron chi connectivity index (χ4n) is 1.52. The van der Waals surface area contributed by atoms with Gasteiger partial charge >= 0.3 is 0 Å². The van der Waals surface area contributed by atoms with E-state index < -0.39 is 0 Å². The second-order valence-electron chi connectivity index (χ2n) is 3.70. The molecule has 1 aromatic rings. The summed E-state index contributed by atoms with van der Waals surface area (Å²) in [5.74, 6) is 0. The Balaban J connectivity index is 2.65. The summed E-state index contributed by atoms with van der Waals surface area (Å²) >= 11 is 5.95. The molecule has 0 bridgehead atoms. The molecule has 0 aromatic heterocycles. The van der Waals surface area contributed by atoms with Crippen LogP contribution in [0.25, 0.3) is 0 Å². The Labute approximate surface area is 102 Å². The van der Waals surface area contributed by atoms with Gasteiger partial charge in [0, 0.05) is 30.9 Å². The number of halogens is 1. The van der Waals surface area contributed by atoms with E-state index in [1.54, 1.807) is 7.11 Å². The zero-order valence-corrected chi connectivity index (χ0v) is 10.6. The van der Waals surface area contributed by atoms with E-state index in [1.165, 1.54) is 0 Å². The summed E-state index contributed by atoms with van der Waals surface area (Å²) in [7, 11) is 1.71. The molecule has 0 unspecified atom stereocenters. The van der Waals surface area contributed by atoms with Gasteiger partial charge in [-0.1, -0.05) is 18.5 Å². The number of methoxy groups -OCH3 is 1. The minimum atomic E-state index is 0.729. The van der Waals surface area contributed by atoms with Crippen LogP contribution in [-0.4, -0.2) is 31.7 Å². The summed E-state index contributed by atoms with van der Waals surface area (Å²) in [6.07, 6.45) is 0. The second-order valence-corrected chi connectivity index (χ2v) is 4.14. The number of hydrogen-bond acceptors (Lipinski definition) is 3. The van der Waals surface area contributed by atoms with Crippen molar-refractivity contribution < 1.29 is 4.74 Å². The predicted octanol–water partition coefficient (Wildman–Crippen LogP) is 2.39. The number of nitrogens with zero attached hydrogens (tertiary/aromatic N) is 1. The van der Waals surface area contributed by atoms with Crippen LogP contribution in [0.15, 0.2) is 18.2 Å². The monoisotopic (exact) mass is 242 g/mol. The lowest BCUT2D eigenvalue weighted by atomic mass is 10.1. The van der Waals surface area contributed by atoms with Crippen LogP contribution >= 0.6 is 11.6 Å². The molecule has 90 valence electrons. The number of benzene rings is 1. The Hall–Kier alpha value is -0.770. The lowest BCUT2D eigenvalue weighted by Crippen LogP contribution is -2.27. The summed E-state index contributed by atoms with van der Waals surface area (Å²) in [6.45, 7) is 5.53. The van der Waals surface area contributed by atoms with Crippen molar-refractivity contribution in [2.45, 2.75) is 13.5 Å². The molecule has 0 aliphatic carbocycles. The van der Waals surface area contributed by atoms with Crippen LogP contribution in [0, 0.1) is 0 Å². The van der Waals surface area contributed by atoms with Gasteiger partial charge in [0.25, 0.3) is 0 Å². The van der Waals surface area contributed by atoms with Crippen LogP contribution < -0.4 is 5.73 Å². The summed E-state index contributed by atoms with van der Waals surface area (Å²) in [5.41, 5.74) is 7.77. The van der Waals surface area contributed by atoms with Crippen molar-refractivity contribution in [1.82, 2.24) is 4.90 Å². The normalized spacial score (nSPS) is 11.0. The molecule has 0 aliphatic rings. The highest BCUT2D eigenvalue weighted by Crippen LogP contribution is 2.19. The molecule has 0 saturated heterocycles.